The minimum atomic E-state index is -1.48. The van der Waals surface area contributed by atoms with Crippen LogP contribution >= 0.6 is 23.2 Å². The first-order chi connectivity index (χ1) is 28.7. The van der Waals surface area contributed by atoms with Crippen molar-refractivity contribution in [2.75, 3.05) is 26.4 Å². The number of primary amides is 2. The molecule has 10 N–H and O–H groups in total. The highest BCUT2D eigenvalue weighted by molar-refractivity contribution is 6.30. The number of hydrogen-bond acceptors (Lipinski definition) is 11. The minimum absolute atomic E-state index is 0.0168. The molecule has 3 amide bonds. The van der Waals surface area contributed by atoms with Crippen molar-refractivity contribution < 1.29 is 54.1 Å². The van der Waals surface area contributed by atoms with Crippen LogP contribution in [0.3, 0.4) is 0 Å². The third-order valence-electron chi connectivity index (χ3n) is 15.3. The average Bonchev–Trinajstić information content (AvgIpc) is 3.21. The van der Waals surface area contributed by atoms with Gasteiger partial charge in [-0.2, -0.15) is 0 Å². The Labute approximate surface area is 386 Å². The summed E-state index contributed by atoms with van der Waals surface area (Å²) in [6.45, 7) is 25.0. The number of halogens is 2. The van der Waals surface area contributed by atoms with Crippen LogP contribution in [0.4, 0.5) is 9.59 Å². The summed E-state index contributed by atoms with van der Waals surface area (Å²) in [5.74, 6) is 0. The van der Waals surface area contributed by atoms with Gasteiger partial charge in [-0.1, -0.05) is 101 Å². The van der Waals surface area contributed by atoms with E-state index in [-0.39, 0.29) is 26.4 Å². The third-order valence-corrected chi connectivity index (χ3v) is 15.8. The summed E-state index contributed by atoms with van der Waals surface area (Å²) in [4.78, 5) is 21.8. The lowest BCUT2D eigenvalue weighted by molar-refractivity contribution is -0.391. The van der Waals surface area contributed by atoms with Crippen LogP contribution in [0.5, 0.6) is 0 Å². The van der Waals surface area contributed by atoms with Gasteiger partial charge in [-0.25, -0.2) is 9.59 Å². The molecular weight excluding hydrogens is 853 g/mol. The van der Waals surface area contributed by atoms with Crippen LogP contribution < -0.4 is 16.8 Å². The van der Waals surface area contributed by atoms with Gasteiger partial charge in [0.2, 0.25) is 0 Å². The highest BCUT2D eigenvalue weighted by atomic mass is 35.5. The molecule has 0 radical (unpaired) electrons. The van der Waals surface area contributed by atoms with Gasteiger partial charge in [-0.15, -0.1) is 0 Å². The van der Waals surface area contributed by atoms with Gasteiger partial charge in [0, 0.05) is 27.4 Å². The molecule has 2 aromatic rings. The van der Waals surface area contributed by atoms with Crippen LogP contribution in [0.2, 0.25) is 10.0 Å². The summed E-state index contributed by atoms with van der Waals surface area (Å²) in [6.07, 6.45) is 0.242. The zero-order chi connectivity index (χ0) is 49.2. The predicted molar refractivity (Wildman–Crippen MR) is 249 cm³/mol. The van der Waals surface area contributed by atoms with Crippen LogP contribution in [-0.4, -0.2) is 115 Å². The number of aliphatic hydroxyl groups excluding tert-OH is 1. The van der Waals surface area contributed by atoms with Gasteiger partial charge >= 0.3 is 12.1 Å². The Morgan fingerprint density at radius 3 is 1.22 bits per heavy atom. The molecule has 14 nitrogen and oxygen atoms in total. The lowest BCUT2D eigenvalue weighted by atomic mass is 9.51. The molecule has 2 saturated heterocycles. The number of benzene rings is 2. The molecule has 0 saturated carbocycles. The first-order valence-electron chi connectivity index (χ1n) is 21.6. The average molecular weight is 933 g/mol. The SMILES string of the molecule is CCC1(C)OC(C)(COC(N)=O)C(C)(CC)C(C)(O)C1(C)O.CCC1(C)OC(C)(COCC(O)CNC(N)=O)C(C)(CC)C(C)(O)C1(C)O.Clc1ccccc1.Clc1ccccc1. The fourth-order valence-corrected chi connectivity index (χ4v) is 9.20. The van der Waals surface area contributed by atoms with E-state index in [0.29, 0.717) is 25.7 Å². The van der Waals surface area contributed by atoms with Crippen LogP contribution in [-0.2, 0) is 18.9 Å². The van der Waals surface area contributed by atoms with E-state index in [0.717, 1.165) is 10.0 Å². The van der Waals surface area contributed by atoms with Crippen molar-refractivity contribution >= 4 is 35.3 Å². The van der Waals surface area contributed by atoms with E-state index in [9.17, 15) is 35.1 Å². The summed E-state index contributed by atoms with van der Waals surface area (Å²) in [5, 5.41) is 58.9. The molecule has 0 spiro atoms. The second-order valence-electron chi connectivity index (χ2n) is 18.6. The lowest BCUT2D eigenvalue weighted by Gasteiger charge is -2.68. The maximum absolute atomic E-state index is 11.5. The summed E-state index contributed by atoms with van der Waals surface area (Å²) >= 11 is 11.1. The molecule has 4 rings (SSSR count). The number of urea groups is 1. The Kier molecular flexibility index (Phi) is 20.5. The smallest absolute Gasteiger partial charge is 0.404 e. The van der Waals surface area contributed by atoms with E-state index < -0.39 is 73.9 Å². The van der Waals surface area contributed by atoms with Crippen LogP contribution in [0.15, 0.2) is 60.7 Å². The number of carbonyl (C=O) groups excluding carboxylic acids is 2. The molecule has 0 aromatic heterocycles. The first kappa shape index (κ1) is 58.3. The first-order valence-corrected chi connectivity index (χ1v) is 22.3. The van der Waals surface area contributed by atoms with Gasteiger partial charge in [-0.3, -0.25) is 0 Å². The number of hydrogen-bond donors (Lipinski definition) is 8. The Bertz CT molecular complexity index is 1700. The fraction of sp³-hybridized carbons (Fsp3) is 0.702. The van der Waals surface area contributed by atoms with E-state index in [1.54, 1.807) is 48.5 Å². The standard InChI is InChI=1S/C19H38N2O6.C16H31NO5.2C6H5Cl/c1-8-15(3)17(5,12-26-11-13(22)10-21-14(20)23)27-16(4,9-2)19(7,25)18(15,6)24;1-8-12(3)14(5,10-21-11(17)18)22-13(4,9-2)16(7,20)15(12,6)19;2*7-6-4-2-1-3-5-6/h13,22,24-25H,8-12H2,1-7H3,(H3,20,21,23);19-20H,8-10H2,1-7H3,(H2,17,18);2*1-5H. The highest BCUT2D eigenvalue weighted by Gasteiger charge is 2.74. The van der Waals surface area contributed by atoms with Gasteiger partial charge in [0.05, 0.1) is 36.1 Å². The van der Waals surface area contributed by atoms with Gasteiger partial charge < -0.3 is 61.3 Å². The monoisotopic (exact) mass is 932 g/mol. The summed E-state index contributed by atoms with van der Waals surface area (Å²) < 4.78 is 23.4. The summed E-state index contributed by atoms with van der Waals surface area (Å²) in [7, 11) is 0. The number of ether oxygens (including phenoxy) is 4. The lowest BCUT2D eigenvalue weighted by Crippen LogP contribution is -2.81. The quantitative estimate of drug-likeness (QED) is 0.103. The van der Waals surface area contributed by atoms with Gasteiger partial charge in [-0.05, 0) is 105 Å². The molecule has 63 heavy (non-hydrogen) atoms. The number of amides is 3. The molecule has 362 valence electrons. The van der Waals surface area contributed by atoms with E-state index in [4.69, 9.17) is 53.6 Å². The second kappa shape index (κ2) is 22.2. The molecule has 2 heterocycles. The van der Waals surface area contributed by atoms with Crippen molar-refractivity contribution in [2.45, 2.75) is 174 Å². The van der Waals surface area contributed by atoms with E-state index in [1.807, 2.05) is 109 Å². The Morgan fingerprint density at radius 1 is 0.603 bits per heavy atom. The van der Waals surface area contributed by atoms with Gasteiger partial charge in [0.25, 0.3) is 0 Å². The zero-order valence-corrected chi connectivity index (χ0v) is 41.6. The number of aliphatic hydroxyl groups is 5. The molecule has 2 aliphatic rings. The third kappa shape index (κ3) is 12.0. The van der Waals surface area contributed by atoms with Crippen molar-refractivity contribution in [2.24, 2.45) is 22.3 Å². The molecule has 2 fully saturated rings. The Morgan fingerprint density at radius 2 is 0.952 bits per heavy atom. The summed E-state index contributed by atoms with van der Waals surface area (Å²) in [6, 6.07) is 18.2. The maximum Gasteiger partial charge on any atom is 0.404 e. The number of rotatable bonds is 12. The molecule has 2 aliphatic heterocycles. The number of nitrogens with one attached hydrogen (secondary N) is 1. The van der Waals surface area contributed by atoms with Crippen molar-refractivity contribution in [1.29, 1.82) is 0 Å². The van der Waals surface area contributed by atoms with E-state index in [2.05, 4.69) is 5.32 Å². The largest absolute Gasteiger partial charge is 0.447 e. The summed E-state index contributed by atoms with van der Waals surface area (Å²) in [5.41, 5.74) is -1.39. The maximum atomic E-state index is 11.5. The van der Waals surface area contributed by atoms with Crippen LogP contribution in [0.1, 0.15) is 123 Å². The molecule has 16 heteroatoms. The fourth-order valence-electron chi connectivity index (χ4n) is 8.90. The Balaban J connectivity index is 0.000000484. The van der Waals surface area contributed by atoms with Crippen LogP contribution in [0.25, 0.3) is 0 Å². The van der Waals surface area contributed by atoms with E-state index in [1.165, 1.54) is 0 Å². The van der Waals surface area contributed by atoms with Crippen molar-refractivity contribution in [3.05, 3.63) is 70.7 Å². The van der Waals surface area contributed by atoms with E-state index >= 15 is 0 Å². The minimum Gasteiger partial charge on any atom is -0.447 e. The van der Waals surface area contributed by atoms with Crippen LogP contribution in [0, 0.1) is 10.8 Å². The van der Waals surface area contributed by atoms with Crippen molar-refractivity contribution in [3.8, 4) is 0 Å². The van der Waals surface area contributed by atoms with Crippen molar-refractivity contribution in [3.63, 3.8) is 0 Å². The molecule has 2 aromatic carbocycles. The molecule has 11 atom stereocenters. The number of carbonyl (C=O) groups is 2. The second-order valence-corrected chi connectivity index (χ2v) is 19.5. The van der Waals surface area contributed by atoms with Gasteiger partial charge in [0.15, 0.2) is 0 Å². The molecular formula is C47H79Cl2N3O11. The highest BCUT2D eigenvalue weighted by Crippen LogP contribution is 2.61. The molecule has 0 bridgehead atoms. The Hall–Kier alpha value is -2.76. The number of nitrogens with two attached hydrogens (primary N) is 2. The normalized spacial score (nSPS) is 37.6. The van der Waals surface area contributed by atoms with Crippen molar-refractivity contribution in [1.82, 2.24) is 5.32 Å². The molecule has 11 unspecified atom stereocenters. The predicted octanol–water partition coefficient (Wildman–Crippen LogP) is 7.55. The van der Waals surface area contributed by atoms with Gasteiger partial charge in [0.1, 0.15) is 34.6 Å². The topological polar surface area (TPSA) is 236 Å². The molecule has 0 aliphatic carbocycles. The zero-order valence-electron chi connectivity index (χ0n) is 40.1.